The molecule has 1 aliphatic carbocycles. The van der Waals surface area contributed by atoms with E-state index in [9.17, 15) is 5.11 Å². The molecule has 2 aromatic heterocycles. The minimum atomic E-state index is -0.213. The average Bonchev–Trinajstić information content (AvgIpc) is 3.00. The minimum Gasteiger partial charge on any atom is -0.391 e. The molecule has 1 atom stereocenters. The Kier molecular flexibility index (Phi) is 2.93. The lowest BCUT2D eigenvalue weighted by molar-refractivity contribution is 0.198. The van der Waals surface area contributed by atoms with Crippen molar-refractivity contribution in [3.8, 4) is 0 Å². The molecule has 0 amide bonds. The number of β-amino-alcohol motifs (C(OH)–C–C–N with tert-alkyl or cyclic N) is 1. The molecule has 3 heterocycles. The van der Waals surface area contributed by atoms with Crippen molar-refractivity contribution in [1.29, 1.82) is 0 Å². The first-order valence-corrected chi connectivity index (χ1v) is 8.26. The molecule has 4 nitrogen and oxygen atoms in total. The summed E-state index contributed by atoms with van der Waals surface area (Å²) in [6.07, 6.45) is 5.55. The third-order valence-electron chi connectivity index (χ3n) is 4.37. The number of rotatable bonds is 1. The molecule has 2 aliphatic rings. The predicted octanol–water partition coefficient (Wildman–Crippen LogP) is 2.45. The van der Waals surface area contributed by atoms with Gasteiger partial charge in [-0.3, -0.25) is 0 Å². The molecule has 4 rings (SSSR count). The Morgan fingerprint density at radius 3 is 2.90 bits per heavy atom. The highest BCUT2D eigenvalue weighted by molar-refractivity contribution is 7.19. The molecule has 1 aliphatic heterocycles. The quantitative estimate of drug-likeness (QED) is 0.876. The van der Waals surface area contributed by atoms with Crippen LogP contribution in [0.4, 0.5) is 5.82 Å². The van der Waals surface area contributed by atoms with E-state index in [-0.39, 0.29) is 6.10 Å². The summed E-state index contributed by atoms with van der Waals surface area (Å²) in [6, 6.07) is 0. The van der Waals surface area contributed by atoms with Gasteiger partial charge in [0, 0.05) is 18.0 Å². The lowest BCUT2D eigenvalue weighted by atomic mass is 9.97. The maximum atomic E-state index is 9.81. The number of aliphatic hydroxyl groups is 1. The van der Waals surface area contributed by atoms with Crippen LogP contribution in [0.5, 0.6) is 0 Å². The molecule has 1 fully saturated rings. The van der Waals surface area contributed by atoms with E-state index in [1.165, 1.54) is 35.1 Å². The van der Waals surface area contributed by atoms with Crippen LogP contribution in [0.25, 0.3) is 10.2 Å². The Hall–Kier alpha value is -1.20. The maximum absolute atomic E-state index is 9.81. The molecule has 0 spiro atoms. The first kappa shape index (κ1) is 12.5. The van der Waals surface area contributed by atoms with Crippen molar-refractivity contribution in [2.75, 3.05) is 18.0 Å². The number of aryl methyl sites for hydroxylation is 3. The van der Waals surface area contributed by atoms with Gasteiger partial charge in [0.05, 0.1) is 11.5 Å². The van der Waals surface area contributed by atoms with Crippen molar-refractivity contribution in [1.82, 2.24) is 9.97 Å². The van der Waals surface area contributed by atoms with E-state index in [1.54, 1.807) is 0 Å². The number of hydrogen-bond donors (Lipinski definition) is 1. The number of aliphatic hydroxyl groups excluding tert-OH is 1. The van der Waals surface area contributed by atoms with E-state index in [2.05, 4.69) is 9.88 Å². The molecule has 20 heavy (non-hydrogen) atoms. The smallest absolute Gasteiger partial charge is 0.141 e. The predicted molar refractivity (Wildman–Crippen MR) is 81.6 cm³/mol. The Bertz CT molecular complexity index is 667. The van der Waals surface area contributed by atoms with E-state index >= 15 is 0 Å². The molecule has 2 aromatic rings. The van der Waals surface area contributed by atoms with Gasteiger partial charge in [0.1, 0.15) is 16.5 Å². The van der Waals surface area contributed by atoms with Gasteiger partial charge in [-0.1, -0.05) is 0 Å². The van der Waals surface area contributed by atoms with Crippen LogP contribution in [0.1, 0.15) is 35.5 Å². The summed E-state index contributed by atoms with van der Waals surface area (Å²) in [5.41, 5.74) is 1.48. The van der Waals surface area contributed by atoms with Crippen molar-refractivity contribution >= 4 is 27.4 Å². The van der Waals surface area contributed by atoms with Gasteiger partial charge in [-0.15, -0.1) is 11.3 Å². The zero-order valence-electron chi connectivity index (χ0n) is 11.7. The third-order valence-corrected chi connectivity index (χ3v) is 5.56. The van der Waals surface area contributed by atoms with Crippen molar-refractivity contribution < 1.29 is 5.11 Å². The zero-order chi connectivity index (χ0) is 13.7. The second-order valence-electron chi connectivity index (χ2n) is 5.87. The van der Waals surface area contributed by atoms with Crippen molar-refractivity contribution in [3.05, 3.63) is 16.3 Å². The molecular weight excluding hydrogens is 270 g/mol. The molecule has 0 unspecified atom stereocenters. The van der Waals surface area contributed by atoms with Crippen LogP contribution in [0.2, 0.25) is 0 Å². The molecule has 106 valence electrons. The van der Waals surface area contributed by atoms with E-state index in [0.717, 1.165) is 35.9 Å². The van der Waals surface area contributed by atoms with Gasteiger partial charge in [0.15, 0.2) is 0 Å². The van der Waals surface area contributed by atoms with Crippen LogP contribution in [-0.2, 0) is 12.8 Å². The number of fused-ring (bicyclic) bond motifs is 3. The molecular formula is C15H19N3OS. The Morgan fingerprint density at radius 2 is 2.10 bits per heavy atom. The van der Waals surface area contributed by atoms with Gasteiger partial charge >= 0.3 is 0 Å². The van der Waals surface area contributed by atoms with Crippen LogP contribution in [0.15, 0.2) is 0 Å². The fourth-order valence-electron chi connectivity index (χ4n) is 3.40. The topological polar surface area (TPSA) is 49.2 Å². The SMILES string of the molecule is Cc1nc(N2CC[C@H](O)C2)c2c3c(sc2n1)CCCC3. The Balaban J connectivity index is 1.92. The van der Waals surface area contributed by atoms with Gasteiger partial charge in [-0.2, -0.15) is 0 Å². The molecule has 0 aromatic carbocycles. The lowest BCUT2D eigenvalue weighted by Gasteiger charge is -2.19. The van der Waals surface area contributed by atoms with Gasteiger partial charge in [0.2, 0.25) is 0 Å². The van der Waals surface area contributed by atoms with E-state index in [1.807, 2.05) is 18.3 Å². The van der Waals surface area contributed by atoms with Gasteiger partial charge < -0.3 is 10.0 Å². The standard InChI is InChI=1S/C15H19N3OS/c1-9-16-14(18-7-6-10(19)8-18)13-11-4-2-3-5-12(11)20-15(13)17-9/h10,19H,2-8H2,1H3/t10-/m0/s1. The highest BCUT2D eigenvalue weighted by atomic mass is 32.1. The van der Waals surface area contributed by atoms with Gasteiger partial charge in [-0.25, -0.2) is 9.97 Å². The summed E-state index contributed by atoms with van der Waals surface area (Å²) >= 11 is 1.85. The molecule has 5 heteroatoms. The first-order chi connectivity index (χ1) is 9.72. The minimum absolute atomic E-state index is 0.213. The number of hydrogen-bond acceptors (Lipinski definition) is 5. The normalized spacial score (nSPS) is 22.5. The summed E-state index contributed by atoms with van der Waals surface area (Å²) in [4.78, 5) is 14.2. The number of thiophene rings is 1. The largest absolute Gasteiger partial charge is 0.391 e. The monoisotopic (exact) mass is 289 g/mol. The lowest BCUT2D eigenvalue weighted by Crippen LogP contribution is -2.23. The molecule has 1 saturated heterocycles. The van der Waals surface area contributed by atoms with Crippen LogP contribution >= 0.6 is 11.3 Å². The summed E-state index contributed by atoms with van der Waals surface area (Å²) < 4.78 is 0. The molecule has 0 saturated carbocycles. The summed E-state index contributed by atoms with van der Waals surface area (Å²) in [6.45, 7) is 3.57. The Morgan fingerprint density at radius 1 is 1.25 bits per heavy atom. The van der Waals surface area contributed by atoms with Crippen molar-refractivity contribution in [3.63, 3.8) is 0 Å². The fourth-order valence-corrected chi connectivity index (χ4v) is 4.71. The third kappa shape index (κ3) is 1.91. The summed E-state index contributed by atoms with van der Waals surface area (Å²) in [5, 5.41) is 11.1. The van der Waals surface area contributed by atoms with Gasteiger partial charge in [-0.05, 0) is 44.6 Å². The maximum Gasteiger partial charge on any atom is 0.141 e. The van der Waals surface area contributed by atoms with Crippen LogP contribution < -0.4 is 4.90 Å². The number of anilines is 1. The average molecular weight is 289 g/mol. The highest BCUT2D eigenvalue weighted by Gasteiger charge is 2.27. The number of aromatic nitrogens is 2. The van der Waals surface area contributed by atoms with Crippen LogP contribution in [0, 0.1) is 6.92 Å². The molecule has 0 bridgehead atoms. The first-order valence-electron chi connectivity index (χ1n) is 7.44. The Labute approximate surface area is 122 Å². The van der Waals surface area contributed by atoms with Crippen LogP contribution in [-0.4, -0.2) is 34.3 Å². The van der Waals surface area contributed by atoms with E-state index in [4.69, 9.17) is 4.98 Å². The summed E-state index contributed by atoms with van der Waals surface area (Å²) in [7, 11) is 0. The van der Waals surface area contributed by atoms with Gasteiger partial charge in [0.25, 0.3) is 0 Å². The second-order valence-corrected chi connectivity index (χ2v) is 6.96. The summed E-state index contributed by atoms with van der Waals surface area (Å²) in [5.74, 6) is 1.90. The molecule has 0 radical (unpaired) electrons. The highest BCUT2D eigenvalue weighted by Crippen LogP contribution is 2.40. The second kappa shape index (κ2) is 4.67. The fraction of sp³-hybridized carbons (Fsp3) is 0.600. The van der Waals surface area contributed by atoms with Crippen molar-refractivity contribution in [2.45, 2.75) is 45.1 Å². The van der Waals surface area contributed by atoms with Crippen LogP contribution in [0.3, 0.4) is 0 Å². The van der Waals surface area contributed by atoms with E-state index in [0.29, 0.717) is 6.54 Å². The van der Waals surface area contributed by atoms with E-state index < -0.39 is 0 Å². The molecule has 1 N–H and O–H groups in total. The zero-order valence-corrected chi connectivity index (χ0v) is 12.5. The number of nitrogens with zero attached hydrogens (tertiary/aromatic N) is 3. The van der Waals surface area contributed by atoms with Crippen molar-refractivity contribution in [2.24, 2.45) is 0 Å².